The third kappa shape index (κ3) is 10.8. The Bertz CT molecular complexity index is 708. The average molecular weight is 438 g/mol. The Morgan fingerprint density at radius 1 is 1.06 bits per heavy atom. The number of ether oxygens (including phenoxy) is 3. The highest BCUT2D eigenvalue weighted by Gasteiger charge is 2.18. The minimum Gasteiger partial charge on any atom is -0.494 e. The lowest BCUT2D eigenvalue weighted by Gasteiger charge is -2.11. The zero-order chi connectivity index (χ0) is 23.1. The Morgan fingerprint density at radius 3 is 2.48 bits per heavy atom. The quantitative estimate of drug-likeness (QED) is 0.320. The van der Waals surface area contributed by atoms with Crippen molar-refractivity contribution >= 4 is 17.8 Å². The van der Waals surface area contributed by atoms with Crippen LogP contribution in [0.5, 0.6) is 5.75 Å². The van der Waals surface area contributed by atoms with Gasteiger partial charge in [-0.15, -0.1) is 0 Å². The number of nitrogens with one attached hydrogen (secondary N) is 2. The van der Waals surface area contributed by atoms with Crippen molar-refractivity contribution in [2.75, 3.05) is 40.0 Å². The Hall–Kier alpha value is -2.68. The van der Waals surface area contributed by atoms with Crippen LogP contribution < -0.4 is 15.4 Å². The molecule has 0 unspecified atom stereocenters. The first-order chi connectivity index (χ1) is 14.9. The molecule has 0 atom stereocenters. The summed E-state index contributed by atoms with van der Waals surface area (Å²) in [5, 5.41) is 5.23. The van der Waals surface area contributed by atoms with E-state index in [0.717, 1.165) is 25.9 Å². The van der Waals surface area contributed by atoms with E-state index in [9.17, 15) is 14.4 Å². The summed E-state index contributed by atoms with van der Waals surface area (Å²) in [6.45, 7) is 7.97. The number of esters is 1. The number of carbonyl (C=O) groups is 3. The number of hydrogen-bond acceptors (Lipinski definition) is 7. The molecule has 0 fully saturated rings. The molecule has 0 spiro atoms. The molecule has 174 valence electrons. The molecule has 0 aromatic carbocycles. The van der Waals surface area contributed by atoms with Gasteiger partial charge in [0.2, 0.25) is 0 Å². The van der Waals surface area contributed by atoms with Crippen LogP contribution in [0, 0.1) is 5.92 Å². The van der Waals surface area contributed by atoms with Crippen LogP contribution in [0.4, 0.5) is 0 Å². The largest absolute Gasteiger partial charge is 0.494 e. The second kappa shape index (κ2) is 15.2. The van der Waals surface area contributed by atoms with Gasteiger partial charge in [0.05, 0.1) is 19.3 Å². The Labute approximate surface area is 184 Å². The molecule has 9 heteroatoms. The molecule has 31 heavy (non-hydrogen) atoms. The number of hydrogen-bond donors (Lipinski definition) is 2. The fourth-order valence-corrected chi connectivity index (χ4v) is 2.42. The van der Waals surface area contributed by atoms with E-state index in [1.54, 1.807) is 0 Å². The van der Waals surface area contributed by atoms with E-state index in [-0.39, 0.29) is 29.5 Å². The lowest BCUT2D eigenvalue weighted by Crippen LogP contribution is -2.32. The van der Waals surface area contributed by atoms with Crippen LogP contribution in [-0.4, -0.2) is 62.8 Å². The second-order valence-corrected chi connectivity index (χ2v) is 7.44. The van der Waals surface area contributed by atoms with Gasteiger partial charge in [0.15, 0.2) is 11.4 Å². The third-order valence-electron chi connectivity index (χ3n) is 4.29. The van der Waals surface area contributed by atoms with Crippen molar-refractivity contribution < 1.29 is 28.6 Å². The average Bonchev–Trinajstić information content (AvgIpc) is 2.75. The highest BCUT2D eigenvalue weighted by molar-refractivity contribution is 5.99. The first-order valence-electron chi connectivity index (χ1n) is 10.7. The highest BCUT2D eigenvalue weighted by atomic mass is 16.5. The summed E-state index contributed by atoms with van der Waals surface area (Å²) < 4.78 is 15.7. The first-order valence-corrected chi connectivity index (χ1v) is 10.7. The summed E-state index contributed by atoms with van der Waals surface area (Å²) in [6, 6.07) is 1.44. The summed E-state index contributed by atoms with van der Waals surface area (Å²) in [7, 11) is 1.38. The molecule has 9 nitrogen and oxygen atoms in total. The van der Waals surface area contributed by atoms with Gasteiger partial charge >= 0.3 is 5.97 Å². The normalized spacial score (nSPS) is 10.6. The van der Waals surface area contributed by atoms with E-state index in [1.165, 1.54) is 19.4 Å². The maximum absolute atomic E-state index is 12.3. The highest BCUT2D eigenvalue weighted by Crippen LogP contribution is 2.17. The fourth-order valence-electron chi connectivity index (χ4n) is 2.42. The van der Waals surface area contributed by atoms with Crippen molar-refractivity contribution in [1.29, 1.82) is 0 Å². The fraction of sp³-hybridized carbons (Fsp3) is 0.636. The molecule has 0 bridgehead atoms. The predicted octanol–water partition coefficient (Wildman–Crippen LogP) is 2.35. The van der Waals surface area contributed by atoms with Gasteiger partial charge < -0.3 is 24.8 Å². The van der Waals surface area contributed by atoms with E-state index < -0.39 is 11.9 Å². The van der Waals surface area contributed by atoms with E-state index in [1.807, 2.05) is 13.8 Å². The molecular weight excluding hydrogens is 402 g/mol. The number of carbonyl (C=O) groups excluding carboxylic acids is 3. The minimum absolute atomic E-state index is 0.0154. The lowest BCUT2D eigenvalue weighted by molar-refractivity contribution is -0.142. The van der Waals surface area contributed by atoms with Crippen LogP contribution in [0.15, 0.2) is 12.3 Å². The van der Waals surface area contributed by atoms with Crippen LogP contribution in [-0.2, 0) is 14.3 Å². The zero-order valence-corrected chi connectivity index (χ0v) is 19.0. The maximum Gasteiger partial charge on any atom is 0.325 e. The van der Waals surface area contributed by atoms with Crippen LogP contribution in [0.1, 0.15) is 67.3 Å². The Kier molecular flexibility index (Phi) is 12.9. The number of pyridine rings is 1. The number of nitrogens with zero attached hydrogens (tertiary/aromatic N) is 1. The van der Waals surface area contributed by atoms with Crippen LogP contribution in [0.2, 0.25) is 0 Å². The summed E-state index contributed by atoms with van der Waals surface area (Å²) in [6.07, 6.45) is 4.86. The number of rotatable bonds is 15. The molecule has 0 aliphatic carbocycles. The number of methoxy groups -OCH3 is 1. The predicted molar refractivity (Wildman–Crippen MR) is 116 cm³/mol. The third-order valence-corrected chi connectivity index (χ3v) is 4.29. The minimum atomic E-state index is -0.589. The standard InChI is InChI=1S/C22H35N3O6/c1-5-6-10-30-11-7-9-23-21(27)17-13-18(29-4)20(24-14-17)22(28)25-15-19(26)31-12-8-16(2)3/h13-14,16H,5-12,15H2,1-4H3,(H,23,27)(H,25,28). The van der Waals surface area contributed by atoms with Crippen LogP contribution >= 0.6 is 0 Å². The topological polar surface area (TPSA) is 116 Å². The molecule has 0 aliphatic heterocycles. The van der Waals surface area contributed by atoms with Gasteiger partial charge in [-0.3, -0.25) is 14.4 Å². The monoisotopic (exact) mass is 437 g/mol. The molecule has 2 N–H and O–H groups in total. The number of unbranched alkanes of at least 4 members (excludes halogenated alkanes) is 1. The molecule has 0 radical (unpaired) electrons. The Morgan fingerprint density at radius 2 is 1.81 bits per heavy atom. The van der Waals surface area contributed by atoms with Gasteiger partial charge in [-0.1, -0.05) is 27.2 Å². The van der Waals surface area contributed by atoms with E-state index in [2.05, 4.69) is 22.5 Å². The molecule has 0 saturated heterocycles. The molecule has 0 aliphatic rings. The zero-order valence-electron chi connectivity index (χ0n) is 19.0. The summed E-state index contributed by atoms with van der Waals surface area (Å²) in [4.78, 5) is 40.4. The number of aromatic nitrogens is 1. The summed E-state index contributed by atoms with van der Waals surface area (Å²) >= 11 is 0. The van der Waals surface area contributed by atoms with Gasteiger partial charge in [-0.2, -0.15) is 0 Å². The molecule has 2 amide bonds. The van der Waals surface area contributed by atoms with Crippen molar-refractivity contribution in [3.63, 3.8) is 0 Å². The van der Waals surface area contributed by atoms with Gasteiger partial charge in [0, 0.05) is 26.0 Å². The van der Waals surface area contributed by atoms with Gasteiger partial charge in [-0.05, 0) is 31.2 Å². The van der Waals surface area contributed by atoms with E-state index >= 15 is 0 Å². The Balaban J connectivity index is 2.51. The smallest absolute Gasteiger partial charge is 0.325 e. The molecule has 1 aromatic rings. The van der Waals surface area contributed by atoms with Crippen molar-refractivity contribution in [3.05, 3.63) is 23.5 Å². The molecular formula is C22H35N3O6. The maximum atomic E-state index is 12.3. The van der Waals surface area contributed by atoms with Gasteiger partial charge in [0.1, 0.15) is 6.54 Å². The molecule has 1 aromatic heterocycles. The summed E-state index contributed by atoms with van der Waals surface area (Å²) in [5.74, 6) is -0.872. The van der Waals surface area contributed by atoms with Crippen molar-refractivity contribution in [3.8, 4) is 5.75 Å². The number of amides is 2. The van der Waals surface area contributed by atoms with E-state index in [0.29, 0.717) is 32.1 Å². The van der Waals surface area contributed by atoms with Crippen LogP contribution in [0.3, 0.4) is 0 Å². The molecule has 0 saturated carbocycles. The second-order valence-electron chi connectivity index (χ2n) is 7.44. The SMILES string of the molecule is CCCCOCCCNC(=O)c1cnc(C(=O)NCC(=O)OCCC(C)C)c(OC)c1. The summed E-state index contributed by atoms with van der Waals surface area (Å²) in [5.41, 5.74) is 0.256. The van der Waals surface area contributed by atoms with Crippen molar-refractivity contribution in [1.82, 2.24) is 15.6 Å². The first kappa shape index (κ1) is 26.4. The van der Waals surface area contributed by atoms with Gasteiger partial charge in [-0.25, -0.2) is 4.98 Å². The van der Waals surface area contributed by atoms with Crippen molar-refractivity contribution in [2.24, 2.45) is 5.92 Å². The molecule has 1 rings (SSSR count). The van der Waals surface area contributed by atoms with Crippen LogP contribution in [0.25, 0.3) is 0 Å². The lowest BCUT2D eigenvalue weighted by atomic mass is 10.1. The van der Waals surface area contributed by atoms with Crippen molar-refractivity contribution in [2.45, 2.75) is 46.5 Å². The molecule has 1 heterocycles. The van der Waals surface area contributed by atoms with E-state index in [4.69, 9.17) is 14.2 Å². The van der Waals surface area contributed by atoms with Gasteiger partial charge in [0.25, 0.3) is 11.8 Å².